The number of fused-ring (bicyclic) bond motifs is 1. The third-order valence-corrected chi connectivity index (χ3v) is 4.03. The van der Waals surface area contributed by atoms with Crippen molar-refractivity contribution in [3.05, 3.63) is 45.9 Å². The molecule has 0 aliphatic carbocycles. The molecule has 0 saturated carbocycles. The monoisotopic (exact) mass is 416 g/mol. The van der Waals surface area contributed by atoms with Crippen molar-refractivity contribution in [2.45, 2.75) is 0 Å². The molecule has 0 bridgehead atoms. The van der Waals surface area contributed by atoms with Gasteiger partial charge in [0.1, 0.15) is 11.6 Å². The van der Waals surface area contributed by atoms with Gasteiger partial charge in [0.2, 0.25) is 11.6 Å². The van der Waals surface area contributed by atoms with Crippen LogP contribution in [0.1, 0.15) is 0 Å². The maximum Gasteiger partial charge on any atom is 0.228 e. The fourth-order valence-electron chi connectivity index (χ4n) is 2.04. The average molecular weight is 418 g/mol. The summed E-state index contributed by atoms with van der Waals surface area (Å²) in [6.45, 7) is 0. The second kappa shape index (κ2) is 6.93. The van der Waals surface area contributed by atoms with Gasteiger partial charge < -0.3 is 10.2 Å². The largest absolute Gasteiger partial charge is 0.436 e. The number of rotatable bonds is 4. The van der Waals surface area contributed by atoms with Gasteiger partial charge in [0, 0.05) is 4.47 Å². The first-order chi connectivity index (χ1) is 12.0. The predicted octanol–water partition coefficient (Wildman–Crippen LogP) is 4.14. The third kappa shape index (κ3) is 3.63. The van der Waals surface area contributed by atoms with Crippen LogP contribution in [0.2, 0.25) is 5.02 Å². The van der Waals surface area contributed by atoms with Crippen molar-refractivity contribution in [3.8, 4) is 17.5 Å². The van der Waals surface area contributed by atoms with Crippen LogP contribution in [-0.2, 0) is 0 Å². The van der Waals surface area contributed by atoms with Gasteiger partial charge in [0.05, 0.1) is 16.3 Å². The molecule has 2 aromatic carbocycles. The number of nitrogens with zero attached hydrogens (tertiary/aromatic N) is 3. The number of hydrogen-bond donors (Lipinski definition) is 3. The number of halogens is 2. The Kier molecular flexibility index (Phi) is 4.70. The van der Waals surface area contributed by atoms with Crippen molar-refractivity contribution in [2.75, 3.05) is 5.43 Å². The second-order valence-electron chi connectivity index (χ2n) is 4.92. The topological polar surface area (TPSA) is 124 Å². The minimum Gasteiger partial charge on any atom is -0.436 e. The van der Waals surface area contributed by atoms with Crippen molar-refractivity contribution in [2.24, 2.45) is 10.8 Å². The maximum absolute atomic E-state index is 8.84. The van der Waals surface area contributed by atoms with E-state index in [0.717, 1.165) is 4.47 Å². The number of anilines is 1. The van der Waals surface area contributed by atoms with Crippen molar-refractivity contribution in [3.63, 3.8) is 0 Å². The van der Waals surface area contributed by atoms with Crippen molar-refractivity contribution >= 4 is 55.9 Å². The zero-order chi connectivity index (χ0) is 18.0. The number of oxazole rings is 1. The molecule has 3 aromatic rings. The van der Waals surface area contributed by atoms with Crippen LogP contribution in [0, 0.1) is 16.7 Å². The van der Waals surface area contributed by atoms with E-state index < -0.39 is 5.84 Å². The van der Waals surface area contributed by atoms with Gasteiger partial charge in [-0.3, -0.25) is 10.8 Å². The van der Waals surface area contributed by atoms with E-state index >= 15 is 0 Å². The Morgan fingerprint density at radius 1 is 1.36 bits per heavy atom. The minimum atomic E-state index is -0.413. The molecule has 0 atom stereocenters. The summed E-state index contributed by atoms with van der Waals surface area (Å²) < 4.78 is 6.60. The standard InChI is InChI=1S/C16H10BrClN6O/c17-8-1-3-11(18)10(5-8)16-22-12-6-9(2-4-14(12)25-16)23-24-13(7-19)15(20)21/h1-6,23H,(H3,20,21)/b24-13+. The molecular formula is C16H10BrClN6O. The van der Waals surface area contributed by atoms with Gasteiger partial charge in [-0.25, -0.2) is 4.98 Å². The second-order valence-corrected chi connectivity index (χ2v) is 6.25. The zero-order valence-corrected chi connectivity index (χ0v) is 14.9. The van der Waals surface area contributed by atoms with Crippen LogP contribution in [0.3, 0.4) is 0 Å². The number of nitrogens with two attached hydrogens (primary N) is 1. The first kappa shape index (κ1) is 17.0. The van der Waals surface area contributed by atoms with E-state index in [1.165, 1.54) is 0 Å². The lowest BCUT2D eigenvalue weighted by Gasteiger charge is -2.00. The molecule has 25 heavy (non-hydrogen) atoms. The number of benzene rings is 2. The van der Waals surface area contributed by atoms with E-state index in [-0.39, 0.29) is 5.71 Å². The molecule has 0 fully saturated rings. The Hall–Kier alpha value is -2.89. The van der Waals surface area contributed by atoms with E-state index in [9.17, 15) is 0 Å². The number of aromatic nitrogens is 1. The normalized spacial score (nSPS) is 11.3. The minimum absolute atomic E-state index is 0.207. The Bertz CT molecular complexity index is 1050. The molecule has 0 saturated heterocycles. The summed E-state index contributed by atoms with van der Waals surface area (Å²) >= 11 is 9.60. The van der Waals surface area contributed by atoms with Crippen LogP contribution in [0.5, 0.6) is 0 Å². The SMILES string of the molecule is N#C/C(=N\Nc1ccc2oc(-c3cc(Br)ccc3Cl)nc2c1)C(=N)N. The van der Waals surface area contributed by atoms with Gasteiger partial charge in [0.15, 0.2) is 11.4 Å². The van der Waals surface area contributed by atoms with Gasteiger partial charge in [-0.15, -0.1) is 0 Å². The molecule has 4 N–H and O–H groups in total. The molecule has 1 heterocycles. The van der Waals surface area contributed by atoms with Crippen molar-refractivity contribution in [1.29, 1.82) is 10.7 Å². The highest BCUT2D eigenvalue weighted by Gasteiger charge is 2.12. The molecule has 9 heteroatoms. The van der Waals surface area contributed by atoms with Crippen LogP contribution >= 0.6 is 27.5 Å². The summed E-state index contributed by atoms with van der Waals surface area (Å²) in [4.78, 5) is 4.44. The van der Waals surface area contributed by atoms with Crippen LogP contribution in [0.15, 0.2) is 50.4 Å². The van der Waals surface area contributed by atoms with E-state index in [4.69, 9.17) is 32.4 Å². The summed E-state index contributed by atoms with van der Waals surface area (Å²) in [5.41, 5.74) is 10.1. The first-order valence-electron chi connectivity index (χ1n) is 6.92. The number of hydrogen-bond acceptors (Lipinski definition) is 6. The third-order valence-electron chi connectivity index (χ3n) is 3.20. The number of nitrogens with one attached hydrogen (secondary N) is 2. The molecule has 0 amide bonds. The summed E-state index contributed by atoms with van der Waals surface area (Å²) in [6, 6.07) is 12.3. The average Bonchev–Trinajstić information content (AvgIpc) is 3.00. The van der Waals surface area contributed by atoms with Gasteiger partial charge in [-0.1, -0.05) is 27.5 Å². The fourth-order valence-corrected chi connectivity index (χ4v) is 2.60. The number of amidine groups is 1. The quantitative estimate of drug-likeness (QED) is 0.334. The molecule has 0 aliphatic heterocycles. The molecule has 0 aliphatic rings. The van der Waals surface area contributed by atoms with E-state index in [0.29, 0.717) is 33.3 Å². The molecule has 0 radical (unpaired) electrons. The smallest absolute Gasteiger partial charge is 0.228 e. The van der Waals surface area contributed by atoms with E-state index in [1.54, 1.807) is 30.3 Å². The molecule has 124 valence electrons. The van der Waals surface area contributed by atoms with Gasteiger partial charge in [0.25, 0.3) is 0 Å². The lowest BCUT2D eigenvalue weighted by atomic mass is 10.2. The summed E-state index contributed by atoms with van der Waals surface area (Å²) in [6.07, 6.45) is 0. The Morgan fingerprint density at radius 3 is 2.88 bits per heavy atom. The maximum atomic E-state index is 8.84. The molecule has 1 aromatic heterocycles. The van der Waals surface area contributed by atoms with Crippen molar-refractivity contribution in [1.82, 2.24) is 4.98 Å². The van der Waals surface area contributed by atoms with E-state index in [1.807, 2.05) is 12.1 Å². The lowest BCUT2D eigenvalue weighted by molar-refractivity contribution is 0.620. The number of hydrazone groups is 1. The summed E-state index contributed by atoms with van der Waals surface area (Å²) in [7, 11) is 0. The number of nitriles is 1. The van der Waals surface area contributed by atoms with Gasteiger partial charge >= 0.3 is 0 Å². The molecule has 7 nitrogen and oxygen atoms in total. The molecule has 3 rings (SSSR count). The Balaban J connectivity index is 1.96. The highest BCUT2D eigenvalue weighted by atomic mass is 79.9. The lowest BCUT2D eigenvalue weighted by Crippen LogP contribution is -2.21. The van der Waals surface area contributed by atoms with Gasteiger partial charge in [-0.2, -0.15) is 10.4 Å². The highest BCUT2D eigenvalue weighted by Crippen LogP contribution is 2.32. The molecule has 0 spiro atoms. The molecule has 0 unspecified atom stereocenters. The summed E-state index contributed by atoms with van der Waals surface area (Å²) in [5.74, 6) is -0.0208. The molecular weight excluding hydrogens is 408 g/mol. The Labute approximate surface area is 155 Å². The predicted molar refractivity (Wildman–Crippen MR) is 101 cm³/mol. The zero-order valence-electron chi connectivity index (χ0n) is 12.5. The van der Waals surface area contributed by atoms with Crippen LogP contribution < -0.4 is 11.2 Å². The van der Waals surface area contributed by atoms with E-state index in [2.05, 4.69) is 31.4 Å². The van der Waals surface area contributed by atoms with Gasteiger partial charge in [-0.05, 0) is 36.4 Å². The summed E-state index contributed by atoms with van der Waals surface area (Å²) in [5, 5.41) is 20.4. The van der Waals surface area contributed by atoms with Crippen LogP contribution in [-0.4, -0.2) is 16.5 Å². The first-order valence-corrected chi connectivity index (χ1v) is 8.09. The van der Waals surface area contributed by atoms with Crippen LogP contribution in [0.25, 0.3) is 22.6 Å². The Morgan fingerprint density at radius 2 is 2.16 bits per heavy atom. The van der Waals surface area contributed by atoms with Crippen LogP contribution in [0.4, 0.5) is 5.69 Å². The van der Waals surface area contributed by atoms with Crippen molar-refractivity contribution < 1.29 is 4.42 Å². The highest BCUT2D eigenvalue weighted by molar-refractivity contribution is 9.10. The fraction of sp³-hybridized carbons (Fsp3) is 0.